The average molecular weight is 275 g/mol. The number of para-hydroxylation sites is 1. The number of carbonyl (C=O) groups excluding carboxylic acids is 1. The number of nitrogens with one attached hydrogen (secondary N) is 2. The third kappa shape index (κ3) is 2.37. The first-order valence-corrected chi connectivity index (χ1v) is 6.20. The Morgan fingerprint density at radius 1 is 1.45 bits per heavy atom. The number of benzene rings is 1. The predicted octanol–water partition coefficient (Wildman–Crippen LogP) is 0.740. The van der Waals surface area contributed by atoms with Gasteiger partial charge in [0.2, 0.25) is 0 Å². The van der Waals surface area contributed by atoms with Gasteiger partial charge in [-0.25, -0.2) is 0 Å². The van der Waals surface area contributed by atoms with Gasteiger partial charge >= 0.3 is 0 Å². The summed E-state index contributed by atoms with van der Waals surface area (Å²) in [5.74, 6) is -0.649. The Kier molecular flexibility index (Phi) is 4.05. The van der Waals surface area contributed by atoms with Crippen LogP contribution in [0.5, 0.6) is 5.75 Å². The van der Waals surface area contributed by atoms with Crippen LogP contribution in [0, 0.1) is 5.41 Å². The number of aryl methyl sites for hydroxylation is 1. The number of hydrogen-bond donors (Lipinski definition) is 3. The molecule has 2 rings (SSSR count). The molecule has 6 nitrogen and oxygen atoms in total. The van der Waals surface area contributed by atoms with Crippen LogP contribution < -0.4 is 10.8 Å². The second-order valence-electron chi connectivity index (χ2n) is 4.40. The Labute approximate surface area is 116 Å². The summed E-state index contributed by atoms with van der Waals surface area (Å²) in [6, 6.07) is 7.10. The summed E-state index contributed by atoms with van der Waals surface area (Å²) in [6.45, 7) is 0.699. The fourth-order valence-corrected chi connectivity index (χ4v) is 2.07. The molecule has 1 aromatic carbocycles. The highest BCUT2D eigenvalue weighted by Gasteiger charge is 2.18. The molecular formula is C14H17N3O3. The maximum absolute atomic E-state index is 12.1. The maximum atomic E-state index is 12.1. The molecule has 0 saturated heterocycles. The number of methoxy groups -OCH3 is 1. The van der Waals surface area contributed by atoms with Gasteiger partial charge in [-0.05, 0) is 12.1 Å². The van der Waals surface area contributed by atoms with Crippen molar-refractivity contribution in [2.24, 2.45) is 7.05 Å². The first-order valence-electron chi connectivity index (χ1n) is 6.20. The number of nitrogens with zero attached hydrogens (tertiary/aromatic N) is 1. The van der Waals surface area contributed by atoms with Gasteiger partial charge in [-0.15, -0.1) is 0 Å². The molecule has 1 heterocycles. The van der Waals surface area contributed by atoms with Crippen molar-refractivity contribution in [1.82, 2.24) is 9.88 Å². The van der Waals surface area contributed by atoms with Crippen LogP contribution in [0.2, 0.25) is 0 Å². The van der Waals surface area contributed by atoms with E-state index in [4.69, 9.17) is 10.1 Å². The highest BCUT2D eigenvalue weighted by Crippen LogP contribution is 2.25. The average Bonchev–Trinajstić information content (AvgIpc) is 2.45. The van der Waals surface area contributed by atoms with Crippen molar-refractivity contribution in [1.29, 1.82) is 5.41 Å². The Morgan fingerprint density at radius 3 is 2.85 bits per heavy atom. The summed E-state index contributed by atoms with van der Waals surface area (Å²) in [5, 5.41) is 21.5. The van der Waals surface area contributed by atoms with Crippen LogP contribution in [-0.2, 0) is 11.8 Å². The fraction of sp³-hybridized carbons (Fsp3) is 0.286. The molecule has 1 aromatic heterocycles. The summed E-state index contributed by atoms with van der Waals surface area (Å²) >= 11 is 0. The summed E-state index contributed by atoms with van der Waals surface area (Å²) in [7, 11) is 3.23. The van der Waals surface area contributed by atoms with Crippen molar-refractivity contribution in [3.63, 3.8) is 0 Å². The minimum atomic E-state index is -0.481. The van der Waals surface area contributed by atoms with Crippen LogP contribution in [0.1, 0.15) is 10.4 Å². The fourth-order valence-electron chi connectivity index (χ4n) is 2.07. The number of hydrogen-bond acceptors (Lipinski definition) is 4. The normalized spacial score (nSPS) is 10.7. The number of ether oxygens (including phenoxy) is 1. The molecule has 6 heteroatoms. The van der Waals surface area contributed by atoms with Crippen LogP contribution in [0.3, 0.4) is 0 Å². The second-order valence-corrected chi connectivity index (χ2v) is 4.40. The van der Waals surface area contributed by atoms with E-state index >= 15 is 0 Å². The molecule has 0 aliphatic rings. The zero-order valence-electron chi connectivity index (χ0n) is 11.4. The molecule has 106 valence electrons. The number of fused-ring (bicyclic) bond motifs is 1. The highest BCUT2D eigenvalue weighted by molar-refractivity contribution is 6.02. The van der Waals surface area contributed by atoms with Crippen molar-refractivity contribution in [3.8, 4) is 5.75 Å². The van der Waals surface area contributed by atoms with Crippen molar-refractivity contribution in [2.45, 2.75) is 0 Å². The SMILES string of the molecule is COCCNC(=O)c1c(O)c2ccccc2n(C)c1=N. The molecule has 2 aromatic rings. The van der Waals surface area contributed by atoms with E-state index in [0.29, 0.717) is 24.1 Å². The lowest BCUT2D eigenvalue weighted by atomic mass is 10.1. The van der Waals surface area contributed by atoms with Crippen LogP contribution in [0.25, 0.3) is 10.9 Å². The van der Waals surface area contributed by atoms with Gasteiger partial charge in [-0.3, -0.25) is 10.2 Å². The van der Waals surface area contributed by atoms with Gasteiger partial charge in [0.1, 0.15) is 16.8 Å². The third-order valence-corrected chi connectivity index (χ3v) is 3.15. The lowest BCUT2D eigenvalue weighted by Crippen LogP contribution is -2.34. The zero-order chi connectivity index (χ0) is 14.7. The first kappa shape index (κ1) is 14.1. The van der Waals surface area contributed by atoms with Crippen LogP contribution >= 0.6 is 0 Å². The molecule has 20 heavy (non-hydrogen) atoms. The molecule has 0 radical (unpaired) electrons. The molecule has 0 aliphatic carbocycles. The van der Waals surface area contributed by atoms with Crippen molar-refractivity contribution < 1.29 is 14.6 Å². The molecular weight excluding hydrogens is 258 g/mol. The zero-order valence-corrected chi connectivity index (χ0v) is 11.4. The van der Waals surface area contributed by atoms with Crippen LogP contribution in [0.4, 0.5) is 0 Å². The Balaban J connectivity index is 2.54. The molecule has 1 amide bonds. The Bertz CT molecular complexity index is 707. The highest BCUT2D eigenvalue weighted by atomic mass is 16.5. The second kappa shape index (κ2) is 5.75. The van der Waals surface area contributed by atoms with Gasteiger partial charge in [0.25, 0.3) is 5.91 Å². The largest absolute Gasteiger partial charge is 0.506 e. The van der Waals surface area contributed by atoms with E-state index < -0.39 is 5.91 Å². The molecule has 3 N–H and O–H groups in total. The van der Waals surface area contributed by atoms with Crippen molar-refractivity contribution >= 4 is 16.8 Å². The molecule has 0 bridgehead atoms. The summed E-state index contributed by atoms with van der Waals surface area (Å²) < 4.78 is 6.42. The number of pyridine rings is 1. The first-order chi connectivity index (χ1) is 9.57. The van der Waals surface area contributed by atoms with E-state index in [1.54, 1.807) is 29.8 Å². The van der Waals surface area contributed by atoms with E-state index in [-0.39, 0.29) is 16.8 Å². The minimum Gasteiger partial charge on any atom is -0.506 e. The topological polar surface area (TPSA) is 87.3 Å². The lowest BCUT2D eigenvalue weighted by molar-refractivity contribution is 0.0932. The van der Waals surface area contributed by atoms with E-state index in [1.165, 1.54) is 7.11 Å². The van der Waals surface area contributed by atoms with Gasteiger partial charge in [0.15, 0.2) is 0 Å². The van der Waals surface area contributed by atoms with Crippen molar-refractivity contribution in [2.75, 3.05) is 20.3 Å². The number of aromatic nitrogens is 1. The number of amides is 1. The standard InChI is InChI=1S/C14H17N3O3/c1-17-10-6-4-3-5-9(10)12(18)11(13(17)15)14(19)16-7-8-20-2/h3-6,15,18H,7-8H2,1-2H3,(H,16,19). The number of aromatic hydroxyl groups is 1. The monoisotopic (exact) mass is 275 g/mol. The summed E-state index contributed by atoms with van der Waals surface area (Å²) in [5.41, 5.74) is 0.641. The number of rotatable bonds is 4. The molecule has 0 fully saturated rings. The molecule has 0 saturated carbocycles. The quantitative estimate of drug-likeness (QED) is 0.719. The maximum Gasteiger partial charge on any atom is 0.258 e. The minimum absolute atomic E-state index is 0.0256. The van der Waals surface area contributed by atoms with Crippen molar-refractivity contribution in [3.05, 3.63) is 35.3 Å². The van der Waals surface area contributed by atoms with Gasteiger partial charge in [-0.1, -0.05) is 12.1 Å². The van der Waals surface area contributed by atoms with E-state index in [9.17, 15) is 9.90 Å². The molecule has 0 spiro atoms. The van der Waals surface area contributed by atoms with Crippen LogP contribution in [0.15, 0.2) is 24.3 Å². The third-order valence-electron chi connectivity index (χ3n) is 3.15. The van der Waals surface area contributed by atoms with Gasteiger partial charge in [0.05, 0.1) is 12.1 Å². The van der Waals surface area contributed by atoms with E-state index in [2.05, 4.69) is 5.32 Å². The number of carbonyl (C=O) groups is 1. The van der Waals surface area contributed by atoms with Crippen LogP contribution in [-0.4, -0.2) is 35.8 Å². The van der Waals surface area contributed by atoms with E-state index in [1.807, 2.05) is 6.07 Å². The summed E-state index contributed by atoms with van der Waals surface area (Å²) in [6.07, 6.45) is 0. The van der Waals surface area contributed by atoms with Gasteiger partial charge < -0.3 is 19.7 Å². The molecule has 0 unspecified atom stereocenters. The Morgan fingerprint density at radius 2 is 2.15 bits per heavy atom. The molecule has 0 aliphatic heterocycles. The van der Waals surface area contributed by atoms with E-state index in [0.717, 1.165) is 0 Å². The van der Waals surface area contributed by atoms with Gasteiger partial charge in [-0.2, -0.15) is 0 Å². The molecule has 0 atom stereocenters. The van der Waals surface area contributed by atoms with Gasteiger partial charge in [0, 0.05) is 26.1 Å². The Hall–Kier alpha value is -2.34. The summed E-state index contributed by atoms with van der Waals surface area (Å²) in [4.78, 5) is 12.1. The lowest BCUT2D eigenvalue weighted by Gasteiger charge is -2.13. The smallest absolute Gasteiger partial charge is 0.258 e. The predicted molar refractivity (Wildman–Crippen MR) is 74.6 cm³/mol.